The number of carbonyl (C=O) groups excluding carboxylic acids is 2. The molecule has 5 rings (SSSR count). The molecule has 5 fully saturated rings. The van der Waals surface area contributed by atoms with Crippen LogP contribution < -0.4 is 0 Å². The second-order valence-electron chi connectivity index (χ2n) is 14.4. The van der Waals surface area contributed by atoms with Gasteiger partial charge in [0.05, 0.1) is 0 Å². The Labute approximate surface area is 195 Å². The van der Waals surface area contributed by atoms with Crippen molar-refractivity contribution in [3.8, 4) is 0 Å². The molecule has 5 saturated carbocycles. The summed E-state index contributed by atoms with van der Waals surface area (Å²) in [4.78, 5) is 25.7. The lowest BCUT2D eigenvalue weighted by Crippen LogP contribution is -2.67. The smallest absolute Gasteiger partial charge is 0.167 e. The third-order valence-electron chi connectivity index (χ3n) is 13.1. The summed E-state index contributed by atoms with van der Waals surface area (Å²) in [6.07, 6.45) is 9.34. The van der Waals surface area contributed by atoms with E-state index in [9.17, 15) is 14.7 Å². The average molecular weight is 443 g/mol. The van der Waals surface area contributed by atoms with Crippen molar-refractivity contribution in [3.63, 3.8) is 0 Å². The number of rotatable bonds is 1. The summed E-state index contributed by atoms with van der Waals surface area (Å²) in [5.41, 5.74) is 0.349. The maximum Gasteiger partial charge on any atom is 0.167 e. The number of fused-ring (bicyclic) bond motifs is 7. The summed E-state index contributed by atoms with van der Waals surface area (Å²) >= 11 is 0. The van der Waals surface area contributed by atoms with Crippen LogP contribution in [-0.2, 0) is 9.59 Å². The molecule has 5 unspecified atom stereocenters. The van der Waals surface area contributed by atoms with Crippen LogP contribution in [0.15, 0.2) is 0 Å². The predicted octanol–water partition coefficient (Wildman–Crippen LogP) is 6.22. The minimum absolute atomic E-state index is 0.00814. The van der Waals surface area contributed by atoms with E-state index in [1.54, 1.807) is 0 Å². The van der Waals surface area contributed by atoms with Gasteiger partial charge in [0.1, 0.15) is 11.9 Å². The highest BCUT2D eigenvalue weighted by Gasteiger charge is 2.71. The maximum absolute atomic E-state index is 13.0. The van der Waals surface area contributed by atoms with Gasteiger partial charge in [-0.05, 0) is 110 Å². The fourth-order valence-corrected chi connectivity index (χ4v) is 11.3. The third-order valence-corrected chi connectivity index (χ3v) is 13.1. The van der Waals surface area contributed by atoms with Crippen LogP contribution >= 0.6 is 0 Å². The Morgan fingerprint density at radius 2 is 1.53 bits per heavy atom. The number of hydrogen-bond acceptors (Lipinski definition) is 3. The van der Waals surface area contributed by atoms with E-state index in [1.165, 1.54) is 38.5 Å². The summed E-state index contributed by atoms with van der Waals surface area (Å²) in [6.45, 7) is 16.1. The van der Waals surface area contributed by atoms with Crippen molar-refractivity contribution in [2.75, 3.05) is 0 Å². The van der Waals surface area contributed by atoms with Crippen molar-refractivity contribution in [2.45, 2.75) is 112 Å². The number of aliphatic hydroxyl groups excluding tert-OH is 1. The van der Waals surface area contributed by atoms with Gasteiger partial charge in [0.25, 0.3) is 0 Å². The molecule has 10 atom stereocenters. The number of carbonyl (C=O) groups is 2. The summed E-state index contributed by atoms with van der Waals surface area (Å²) < 4.78 is 0. The lowest BCUT2D eigenvalue weighted by atomic mass is 9.32. The van der Waals surface area contributed by atoms with E-state index in [-0.39, 0.29) is 27.9 Å². The molecule has 0 radical (unpaired) electrons. The van der Waals surface area contributed by atoms with E-state index in [2.05, 4.69) is 41.5 Å². The Morgan fingerprint density at radius 1 is 0.844 bits per heavy atom. The Bertz CT molecular complexity index is 845. The molecule has 0 aromatic heterocycles. The van der Waals surface area contributed by atoms with Gasteiger partial charge in [-0.25, -0.2) is 0 Å². The zero-order valence-electron chi connectivity index (χ0n) is 21.6. The van der Waals surface area contributed by atoms with E-state index >= 15 is 0 Å². The second-order valence-corrected chi connectivity index (χ2v) is 14.4. The predicted molar refractivity (Wildman–Crippen MR) is 127 cm³/mol. The standard InChI is InChI=1S/C29H46O3/c1-17(30)18-10-12-26(4)14-15-28(6)19(23(18)26)8-9-22-27(5)16-20(31)24(32)25(2,3)21(27)11-13-29(22,28)7/h18-23,31H,8-16H2,1-7H3/t18?,19?,20-,21?,22?,23?,26+,27-,28+,29+/m0/s1. The number of ketones is 2. The number of Topliss-reactive ketones (excluding diaryl/α,β-unsaturated/α-hetero) is 2. The third kappa shape index (κ3) is 2.58. The quantitative estimate of drug-likeness (QED) is 0.525. The first-order chi connectivity index (χ1) is 14.7. The van der Waals surface area contributed by atoms with Crippen molar-refractivity contribution in [2.24, 2.45) is 56.7 Å². The molecule has 5 aliphatic carbocycles. The summed E-state index contributed by atoms with van der Waals surface area (Å²) in [6, 6.07) is 0. The molecule has 0 saturated heterocycles. The highest BCUT2D eigenvalue weighted by atomic mass is 16.3. The molecule has 32 heavy (non-hydrogen) atoms. The summed E-state index contributed by atoms with van der Waals surface area (Å²) in [7, 11) is 0. The molecular formula is C29H46O3. The molecule has 5 aliphatic rings. The van der Waals surface area contributed by atoms with Crippen LogP contribution in [0.3, 0.4) is 0 Å². The van der Waals surface area contributed by atoms with Crippen LogP contribution in [-0.4, -0.2) is 22.8 Å². The molecule has 0 heterocycles. The van der Waals surface area contributed by atoms with Gasteiger partial charge in [0.2, 0.25) is 0 Å². The minimum atomic E-state index is -0.814. The van der Waals surface area contributed by atoms with Crippen LogP contribution in [0.4, 0.5) is 0 Å². The maximum atomic E-state index is 13.0. The molecule has 0 aromatic carbocycles. The Kier molecular flexibility index (Phi) is 4.83. The fourth-order valence-electron chi connectivity index (χ4n) is 11.3. The number of hydrogen-bond donors (Lipinski definition) is 1. The van der Waals surface area contributed by atoms with Crippen molar-refractivity contribution in [3.05, 3.63) is 0 Å². The second kappa shape index (κ2) is 6.70. The van der Waals surface area contributed by atoms with E-state index in [0.717, 1.165) is 12.8 Å². The van der Waals surface area contributed by atoms with Crippen LogP contribution in [0.2, 0.25) is 0 Å². The molecule has 0 aliphatic heterocycles. The van der Waals surface area contributed by atoms with Crippen molar-refractivity contribution in [1.82, 2.24) is 0 Å². The molecule has 0 bridgehead atoms. The zero-order chi connectivity index (χ0) is 23.5. The Morgan fingerprint density at radius 3 is 2.19 bits per heavy atom. The van der Waals surface area contributed by atoms with E-state index in [1.807, 2.05) is 6.92 Å². The lowest BCUT2D eigenvalue weighted by Gasteiger charge is -2.72. The van der Waals surface area contributed by atoms with Gasteiger partial charge >= 0.3 is 0 Å². The zero-order valence-corrected chi connectivity index (χ0v) is 21.6. The van der Waals surface area contributed by atoms with Crippen LogP contribution in [0, 0.1) is 56.7 Å². The first kappa shape index (κ1) is 23.1. The van der Waals surface area contributed by atoms with Gasteiger partial charge in [-0.3, -0.25) is 9.59 Å². The summed E-state index contributed by atoms with van der Waals surface area (Å²) in [5, 5.41) is 10.9. The normalized spacial score (nSPS) is 56.6. The SMILES string of the molecule is CC(=O)C1CC[C@]2(C)CC[C@]3(C)C(CCC4[C@@]5(C)C[C@H](O)C(=O)C(C)(C)C5CC[C@]43C)C12. The highest BCUT2D eigenvalue weighted by Crippen LogP contribution is 2.77. The van der Waals surface area contributed by atoms with Crippen LogP contribution in [0.5, 0.6) is 0 Å². The largest absolute Gasteiger partial charge is 0.385 e. The van der Waals surface area contributed by atoms with E-state index < -0.39 is 11.5 Å². The van der Waals surface area contributed by atoms with Crippen LogP contribution in [0.1, 0.15) is 106 Å². The van der Waals surface area contributed by atoms with Crippen molar-refractivity contribution < 1.29 is 14.7 Å². The highest BCUT2D eigenvalue weighted by molar-refractivity contribution is 5.89. The van der Waals surface area contributed by atoms with Gasteiger partial charge in [0.15, 0.2) is 5.78 Å². The van der Waals surface area contributed by atoms with E-state index in [0.29, 0.717) is 41.3 Å². The first-order valence-electron chi connectivity index (χ1n) is 13.5. The van der Waals surface area contributed by atoms with Gasteiger partial charge in [-0.15, -0.1) is 0 Å². The average Bonchev–Trinajstić information content (AvgIpc) is 3.05. The molecule has 3 nitrogen and oxygen atoms in total. The minimum Gasteiger partial charge on any atom is -0.385 e. The van der Waals surface area contributed by atoms with Crippen molar-refractivity contribution in [1.29, 1.82) is 0 Å². The molecule has 0 spiro atoms. The lowest BCUT2D eigenvalue weighted by molar-refractivity contribution is -0.239. The van der Waals surface area contributed by atoms with Gasteiger partial charge in [-0.2, -0.15) is 0 Å². The first-order valence-corrected chi connectivity index (χ1v) is 13.5. The molecular weight excluding hydrogens is 396 g/mol. The molecule has 3 heteroatoms. The fraction of sp³-hybridized carbons (Fsp3) is 0.931. The molecule has 180 valence electrons. The van der Waals surface area contributed by atoms with Crippen molar-refractivity contribution >= 4 is 11.6 Å². The van der Waals surface area contributed by atoms with Gasteiger partial charge < -0.3 is 5.11 Å². The van der Waals surface area contributed by atoms with E-state index in [4.69, 9.17) is 0 Å². The number of aliphatic hydroxyl groups is 1. The van der Waals surface area contributed by atoms with Gasteiger partial charge in [0, 0.05) is 11.3 Å². The summed E-state index contributed by atoms with van der Waals surface area (Å²) in [5.74, 6) is 2.80. The molecule has 0 amide bonds. The van der Waals surface area contributed by atoms with Gasteiger partial charge in [-0.1, -0.05) is 41.5 Å². The van der Waals surface area contributed by atoms with Crippen LogP contribution in [0.25, 0.3) is 0 Å². The molecule has 0 aromatic rings. The Balaban J connectivity index is 1.56. The topological polar surface area (TPSA) is 54.4 Å². The monoisotopic (exact) mass is 442 g/mol. The Hall–Kier alpha value is -0.700. The molecule has 1 N–H and O–H groups in total.